The quantitative estimate of drug-likeness (QED) is 0.531. The third-order valence-electron chi connectivity index (χ3n) is 5.23. The summed E-state index contributed by atoms with van der Waals surface area (Å²) in [5.41, 5.74) is 9.25. The van der Waals surface area contributed by atoms with Gasteiger partial charge < -0.3 is 29.4 Å². The van der Waals surface area contributed by atoms with Gasteiger partial charge in [-0.3, -0.25) is 0 Å². The van der Waals surface area contributed by atoms with Crippen LogP contribution in [0, 0.1) is 0 Å². The lowest BCUT2D eigenvalue weighted by Crippen LogP contribution is -2.03. The van der Waals surface area contributed by atoms with Crippen molar-refractivity contribution in [2.24, 2.45) is 0 Å². The Morgan fingerprint density at radius 1 is 0.800 bits per heavy atom. The fourth-order valence-corrected chi connectivity index (χ4v) is 5.28. The molecule has 7 heteroatoms. The maximum Gasteiger partial charge on any atom is 0.203 e. The lowest BCUT2D eigenvalue weighted by atomic mass is 10.0. The number of nitrogens with two attached hydrogens (primary N) is 1. The van der Waals surface area contributed by atoms with Gasteiger partial charge in [0.05, 0.1) is 40.7 Å². The number of rotatable bonds is 9. The van der Waals surface area contributed by atoms with Gasteiger partial charge in [-0.1, -0.05) is 6.92 Å². The van der Waals surface area contributed by atoms with E-state index in [0.717, 1.165) is 24.8 Å². The maximum absolute atomic E-state index is 6.30. The predicted octanol–water partition coefficient (Wildman–Crippen LogP) is 5.40. The summed E-state index contributed by atoms with van der Waals surface area (Å²) in [4.78, 5) is 0. The predicted molar refractivity (Wildman–Crippen MR) is 122 cm³/mol. The summed E-state index contributed by atoms with van der Waals surface area (Å²) in [7, 11) is 6.55. The van der Waals surface area contributed by atoms with Crippen LogP contribution in [-0.4, -0.2) is 35.0 Å². The van der Waals surface area contributed by atoms with Gasteiger partial charge in [-0.25, -0.2) is 0 Å². The Hall–Kier alpha value is -2.41. The molecule has 0 aromatic heterocycles. The van der Waals surface area contributed by atoms with E-state index in [2.05, 4.69) is 13.0 Å². The van der Waals surface area contributed by atoms with Crippen molar-refractivity contribution < 1.29 is 23.7 Å². The Balaban J connectivity index is 1.84. The van der Waals surface area contributed by atoms with Crippen LogP contribution in [0.4, 0.5) is 5.69 Å². The average Bonchev–Trinajstić information content (AvgIpc) is 3.27. The number of nitrogen functional groups attached to an aromatic ring is 1. The summed E-state index contributed by atoms with van der Waals surface area (Å²) in [6, 6.07) is 8.15. The Morgan fingerprint density at radius 2 is 1.30 bits per heavy atom. The molecular formula is C23H31NO5S. The van der Waals surface area contributed by atoms with Crippen LogP contribution in [0.2, 0.25) is 0 Å². The van der Waals surface area contributed by atoms with Crippen LogP contribution in [0.25, 0.3) is 0 Å². The molecule has 2 aromatic carbocycles. The molecule has 3 rings (SSSR count). The molecule has 1 heterocycles. The van der Waals surface area contributed by atoms with E-state index >= 15 is 0 Å². The maximum atomic E-state index is 6.30. The smallest absolute Gasteiger partial charge is 0.203 e. The Kier molecular flexibility index (Phi) is 7.48. The molecule has 164 valence electrons. The van der Waals surface area contributed by atoms with E-state index in [4.69, 9.17) is 29.4 Å². The van der Waals surface area contributed by atoms with E-state index < -0.39 is 0 Å². The van der Waals surface area contributed by atoms with Gasteiger partial charge in [0.15, 0.2) is 23.0 Å². The van der Waals surface area contributed by atoms with E-state index in [0.29, 0.717) is 51.5 Å². The second-order valence-corrected chi connectivity index (χ2v) is 8.55. The topological polar surface area (TPSA) is 72.2 Å². The zero-order chi connectivity index (χ0) is 21.7. The molecule has 30 heavy (non-hydrogen) atoms. The van der Waals surface area contributed by atoms with Crippen molar-refractivity contribution in [1.29, 1.82) is 0 Å². The summed E-state index contributed by atoms with van der Waals surface area (Å²) in [6.07, 6.45) is 3.01. The molecular weight excluding hydrogens is 402 g/mol. The average molecular weight is 434 g/mol. The molecule has 0 amide bonds. The molecule has 2 N–H and O–H groups in total. The number of thioether (sulfide) groups is 1. The van der Waals surface area contributed by atoms with Crippen LogP contribution in [0.5, 0.6) is 28.7 Å². The standard InChI is InChI=1S/C23H31NO5S/c1-6-9-29-22-16(24)10-14(11-17(22)25-2)20-7-8-21(30-20)15-12-18(26-3)23(28-5)19(13-15)27-4/h10-13,20-21H,6-9,24H2,1-5H3. The zero-order valence-corrected chi connectivity index (χ0v) is 19.1. The first-order chi connectivity index (χ1) is 14.6. The van der Waals surface area contributed by atoms with Crippen LogP contribution in [0.3, 0.4) is 0 Å². The third-order valence-corrected chi connectivity index (χ3v) is 6.90. The molecule has 1 aliphatic heterocycles. The van der Waals surface area contributed by atoms with Crippen molar-refractivity contribution in [1.82, 2.24) is 0 Å². The molecule has 0 bridgehead atoms. The highest BCUT2D eigenvalue weighted by Crippen LogP contribution is 2.55. The van der Waals surface area contributed by atoms with Crippen LogP contribution in [-0.2, 0) is 0 Å². The molecule has 2 aromatic rings. The number of ether oxygens (including phenoxy) is 5. The highest BCUT2D eigenvalue weighted by Gasteiger charge is 2.30. The molecule has 0 radical (unpaired) electrons. The minimum atomic E-state index is 0.325. The van der Waals surface area contributed by atoms with Gasteiger partial charge in [-0.15, -0.1) is 11.8 Å². The van der Waals surface area contributed by atoms with Crippen molar-refractivity contribution in [2.45, 2.75) is 36.7 Å². The first-order valence-corrected chi connectivity index (χ1v) is 11.1. The summed E-state index contributed by atoms with van der Waals surface area (Å²) >= 11 is 1.92. The Morgan fingerprint density at radius 3 is 1.77 bits per heavy atom. The van der Waals surface area contributed by atoms with Gasteiger partial charge in [0.2, 0.25) is 5.75 Å². The second kappa shape index (κ2) is 10.1. The molecule has 2 atom stereocenters. The summed E-state index contributed by atoms with van der Waals surface area (Å²) in [6.45, 7) is 2.68. The normalized spacial score (nSPS) is 18.2. The lowest BCUT2D eigenvalue weighted by Gasteiger charge is -2.19. The number of benzene rings is 2. The Labute approximate surface area is 183 Å². The fraction of sp³-hybridized carbons (Fsp3) is 0.478. The van der Waals surface area contributed by atoms with Gasteiger partial charge in [-0.2, -0.15) is 0 Å². The van der Waals surface area contributed by atoms with Gasteiger partial charge in [0.1, 0.15) is 0 Å². The van der Waals surface area contributed by atoms with E-state index in [1.807, 2.05) is 30.0 Å². The first-order valence-electron chi connectivity index (χ1n) is 10.1. The van der Waals surface area contributed by atoms with E-state index in [9.17, 15) is 0 Å². The van der Waals surface area contributed by atoms with Crippen molar-refractivity contribution in [2.75, 3.05) is 40.8 Å². The van der Waals surface area contributed by atoms with Gasteiger partial charge in [0, 0.05) is 10.5 Å². The van der Waals surface area contributed by atoms with Crippen molar-refractivity contribution in [3.63, 3.8) is 0 Å². The van der Waals surface area contributed by atoms with Crippen LogP contribution in [0.15, 0.2) is 24.3 Å². The van der Waals surface area contributed by atoms with E-state index in [1.165, 1.54) is 5.56 Å². The lowest BCUT2D eigenvalue weighted by molar-refractivity contribution is 0.296. The third kappa shape index (κ3) is 4.51. The fourth-order valence-electron chi connectivity index (χ4n) is 3.76. The molecule has 0 aliphatic carbocycles. The van der Waals surface area contributed by atoms with Crippen molar-refractivity contribution >= 4 is 17.4 Å². The van der Waals surface area contributed by atoms with Crippen LogP contribution in [0.1, 0.15) is 47.8 Å². The zero-order valence-electron chi connectivity index (χ0n) is 18.3. The molecule has 1 fully saturated rings. The molecule has 1 aliphatic rings. The number of anilines is 1. The number of methoxy groups -OCH3 is 4. The number of hydrogen-bond donors (Lipinski definition) is 1. The highest BCUT2D eigenvalue weighted by atomic mass is 32.2. The van der Waals surface area contributed by atoms with Crippen LogP contribution < -0.4 is 29.4 Å². The molecule has 0 spiro atoms. The van der Waals surface area contributed by atoms with E-state index in [1.54, 1.807) is 28.4 Å². The van der Waals surface area contributed by atoms with Crippen LogP contribution >= 0.6 is 11.8 Å². The molecule has 2 unspecified atom stereocenters. The molecule has 0 saturated carbocycles. The SMILES string of the molecule is CCCOc1c(N)cc(C2CCC(c3cc(OC)c(OC)c(OC)c3)S2)cc1OC. The van der Waals surface area contributed by atoms with Crippen molar-refractivity contribution in [3.8, 4) is 28.7 Å². The van der Waals surface area contributed by atoms with Gasteiger partial charge >= 0.3 is 0 Å². The number of hydrogen-bond acceptors (Lipinski definition) is 7. The largest absolute Gasteiger partial charge is 0.493 e. The Bertz CT molecular complexity index is 848. The van der Waals surface area contributed by atoms with Gasteiger partial charge in [-0.05, 0) is 54.7 Å². The summed E-state index contributed by atoms with van der Waals surface area (Å²) < 4.78 is 27.8. The summed E-state index contributed by atoms with van der Waals surface area (Å²) in [5.74, 6) is 3.30. The highest BCUT2D eigenvalue weighted by molar-refractivity contribution is 8.00. The summed E-state index contributed by atoms with van der Waals surface area (Å²) in [5, 5.41) is 0.650. The molecule has 6 nitrogen and oxygen atoms in total. The van der Waals surface area contributed by atoms with Crippen molar-refractivity contribution in [3.05, 3.63) is 35.4 Å². The van der Waals surface area contributed by atoms with E-state index in [-0.39, 0.29) is 0 Å². The minimum absolute atomic E-state index is 0.325. The minimum Gasteiger partial charge on any atom is -0.493 e. The molecule has 1 saturated heterocycles. The first kappa shape index (κ1) is 22.3. The second-order valence-electron chi connectivity index (χ2n) is 7.14. The monoisotopic (exact) mass is 433 g/mol. The van der Waals surface area contributed by atoms with Gasteiger partial charge in [0.25, 0.3) is 0 Å².